The van der Waals surface area contributed by atoms with Crippen molar-refractivity contribution in [2.45, 2.75) is 25.0 Å². The number of aromatic nitrogens is 2. The number of likely N-dealkylation sites (tertiary alicyclic amines) is 1. The molecule has 0 bridgehead atoms. The molecule has 5 heteroatoms. The lowest BCUT2D eigenvalue weighted by molar-refractivity contribution is -0.119. The second-order valence-corrected chi connectivity index (χ2v) is 5.90. The quantitative estimate of drug-likeness (QED) is 0.917. The van der Waals surface area contributed by atoms with Gasteiger partial charge >= 0.3 is 0 Å². The second kappa shape index (κ2) is 4.40. The number of nitrogens with zero attached hydrogens (tertiary/aromatic N) is 3. The van der Waals surface area contributed by atoms with Crippen molar-refractivity contribution >= 4 is 0 Å². The smallest absolute Gasteiger partial charge is 0.241 e. The standard InChI is InChI=1S/C15H17N3O2/c19-15(12-6-7-12)9-18(10-15)8-13-16-14(17-20-13)11-4-2-1-3-5-11/h1-5,12,19H,6-10H2. The third kappa shape index (κ3) is 2.13. The first-order valence-corrected chi connectivity index (χ1v) is 7.06. The first-order valence-electron chi connectivity index (χ1n) is 7.06. The number of hydrogen-bond acceptors (Lipinski definition) is 5. The SMILES string of the molecule is OC1(C2CC2)CN(Cc2nc(-c3ccccc3)no2)C1. The van der Waals surface area contributed by atoms with Crippen LogP contribution < -0.4 is 0 Å². The maximum atomic E-state index is 10.3. The van der Waals surface area contributed by atoms with E-state index in [0.717, 1.165) is 18.7 Å². The molecule has 1 aromatic heterocycles. The zero-order valence-corrected chi connectivity index (χ0v) is 11.2. The van der Waals surface area contributed by atoms with Crippen LogP contribution in [0.25, 0.3) is 11.4 Å². The Hall–Kier alpha value is -1.72. The molecule has 104 valence electrons. The van der Waals surface area contributed by atoms with Crippen molar-refractivity contribution < 1.29 is 9.63 Å². The summed E-state index contributed by atoms with van der Waals surface area (Å²) in [5, 5.41) is 14.3. The zero-order valence-electron chi connectivity index (χ0n) is 11.2. The van der Waals surface area contributed by atoms with Gasteiger partial charge in [0.1, 0.15) is 0 Å². The Morgan fingerprint density at radius 3 is 2.70 bits per heavy atom. The van der Waals surface area contributed by atoms with Crippen molar-refractivity contribution in [3.8, 4) is 11.4 Å². The first-order chi connectivity index (χ1) is 9.73. The highest BCUT2D eigenvalue weighted by Crippen LogP contribution is 2.44. The lowest BCUT2D eigenvalue weighted by Crippen LogP contribution is -2.62. The molecule has 1 saturated carbocycles. The molecule has 0 spiro atoms. The van der Waals surface area contributed by atoms with E-state index in [4.69, 9.17) is 4.52 Å². The van der Waals surface area contributed by atoms with Crippen LogP contribution in [0.4, 0.5) is 0 Å². The van der Waals surface area contributed by atoms with Crippen molar-refractivity contribution in [3.05, 3.63) is 36.2 Å². The van der Waals surface area contributed by atoms with E-state index >= 15 is 0 Å². The van der Waals surface area contributed by atoms with Gasteiger partial charge in [-0.3, -0.25) is 4.90 Å². The van der Waals surface area contributed by atoms with Crippen molar-refractivity contribution in [1.82, 2.24) is 15.0 Å². The molecule has 0 unspecified atom stereocenters. The van der Waals surface area contributed by atoms with Crippen LogP contribution >= 0.6 is 0 Å². The average Bonchev–Trinajstić information content (AvgIpc) is 3.19. The van der Waals surface area contributed by atoms with Gasteiger partial charge in [0.25, 0.3) is 0 Å². The summed E-state index contributed by atoms with van der Waals surface area (Å²) in [6.45, 7) is 2.07. The Morgan fingerprint density at radius 2 is 2.00 bits per heavy atom. The lowest BCUT2D eigenvalue weighted by Gasteiger charge is -2.46. The van der Waals surface area contributed by atoms with E-state index in [1.165, 1.54) is 12.8 Å². The predicted molar refractivity (Wildman–Crippen MR) is 72.7 cm³/mol. The molecule has 1 aromatic carbocycles. The molecule has 1 aliphatic heterocycles. The Morgan fingerprint density at radius 1 is 1.25 bits per heavy atom. The molecule has 2 aromatic rings. The molecular weight excluding hydrogens is 254 g/mol. The van der Waals surface area contributed by atoms with Gasteiger partial charge in [-0.1, -0.05) is 35.5 Å². The number of benzene rings is 1. The van der Waals surface area contributed by atoms with Gasteiger partial charge in [0.05, 0.1) is 12.1 Å². The molecule has 0 amide bonds. The number of hydrogen-bond donors (Lipinski definition) is 1. The van der Waals surface area contributed by atoms with Gasteiger partial charge in [0, 0.05) is 18.7 Å². The third-order valence-corrected chi connectivity index (χ3v) is 4.19. The van der Waals surface area contributed by atoms with Gasteiger partial charge in [0.2, 0.25) is 11.7 Å². The van der Waals surface area contributed by atoms with Crippen LogP contribution in [0.1, 0.15) is 18.7 Å². The highest BCUT2D eigenvalue weighted by atomic mass is 16.5. The lowest BCUT2D eigenvalue weighted by atomic mass is 9.89. The summed E-state index contributed by atoms with van der Waals surface area (Å²) >= 11 is 0. The Kier molecular flexibility index (Phi) is 2.65. The van der Waals surface area contributed by atoms with Gasteiger partial charge in [0.15, 0.2) is 0 Å². The maximum Gasteiger partial charge on any atom is 0.241 e. The fourth-order valence-corrected chi connectivity index (χ4v) is 2.93. The monoisotopic (exact) mass is 271 g/mol. The zero-order chi connectivity index (χ0) is 13.6. The highest BCUT2D eigenvalue weighted by Gasteiger charge is 2.51. The maximum absolute atomic E-state index is 10.3. The van der Waals surface area contributed by atoms with Crippen molar-refractivity contribution in [3.63, 3.8) is 0 Å². The molecule has 5 nitrogen and oxygen atoms in total. The first kappa shape index (κ1) is 12.1. The molecule has 2 heterocycles. The van der Waals surface area contributed by atoms with Gasteiger partial charge in [-0.05, 0) is 18.8 Å². The Labute approximate surface area is 117 Å². The summed E-state index contributed by atoms with van der Waals surface area (Å²) in [6.07, 6.45) is 2.34. The molecule has 1 aliphatic carbocycles. The molecule has 1 N–H and O–H groups in total. The summed E-state index contributed by atoms with van der Waals surface area (Å²) < 4.78 is 5.29. The average molecular weight is 271 g/mol. The van der Waals surface area contributed by atoms with Crippen LogP contribution in [-0.4, -0.2) is 38.8 Å². The molecule has 20 heavy (non-hydrogen) atoms. The molecule has 1 saturated heterocycles. The molecule has 0 atom stereocenters. The van der Waals surface area contributed by atoms with Crippen molar-refractivity contribution in [2.24, 2.45) is 5.92 Å². The van der Waals surface area contributed by atoms with E-state index in [1.54, 1.807) is 0 Å². The summed E-state index contributed by atoms with van der Waals surface area (Å²) in [5.41, 5.74) is 0.503. The minimum atomic E-state index is -0.456. The molecule has 4 rings (SSSR count). The van der Waals surface area contributed by atoms with E-state index in [0.29, 0.717) is 24.2 Å². The number of β-amino-alcohol motifs (C(OH)–C–C–N with tert-alkyl or cyclic N) is 1. The molecule has 0 radical (unpaired) electrons. The number of rotatable bonds is 4. The largest absolute Gasteiger partial charge is 0.387 e. The van der Waals surface area contributed by atoms with Crippen LogP contribution in [0.5, 0.6) is 0 Å². The predicted octanol–water partition coefficient (Wildman–Crippen LogP) is 1.69. The summed E-state index contributed by atoms with van der Waals surface area (Å²) in [5.74, 6) is 1.75. The van der Waals surface area contributed by atoms with Crippen molar-refractivity contribution in [2.75, 3.05) is 13.1 Å². The van der Waals surface area contributed by atoms with E-state index < -0.39 is 5.60 Å². The summed E-state index contributed by atoms with van der Waals surface area (Å²) in [6, 6.07) is 9.80. The van der Waals surface area contributed by atoms with Gasteiger partial charge in [-0.2, -0.15) is 4.98 Å². The van der Waals surface area contributed by atoms with Gasteiger partial charge in [-0.25, -0.2) is 0 Å². The van der Waals surface area contributed by atoms with E-state index in [-0.39, 0.29) is 0 Å². The van der Waals surface area contributed by atoms with Crippen molar-refractivity contribution in [1.29, 1.82) is 0 Å². The topological polar surface area (TPSA) is 62.4 Å². The summed E-state index contributed by atoms with van der Waals surface area (Å²) in [7, 11) is 0. The third-order valence-electron chi connectivity index (χ3n) is 4.19. The van der Waals surface area contributed by atoms with E-state index in [1.807, 2.05) is 30.3 Å². The van der Waals surface area contributed by atoms with E-state index in [9.17, 15) is 5.11 Å². The van der Waals surface area contributed by atoms with Crippen LogP contribution in [-0.2, 0) is 6.54 Å². The Bertz CT molecular complexity index is 601. The molecule has 2 aliphatic rings. The van der Waals surface area contributed by atoms with Gasteiger partial charge in [-0.15, -0.1) is 0 Å². The fourth-order valence-electron chi connectivity index (χ4n) is 2.93. The van der Waals surface area contributed by atoms with Crippen LogP contribution in [0.2, 0.25) is 0 Å². The highest BCUT2D eigenvalue weighted by molar-refractivity contribution is 5.53. The fraction of sp³-hybridized carbons (Fsp3) is 0.467. The summed E-state index contributed by atoms with van der Waals surface area (Å²) in [4.78, 5) is 6.56. The van der Waals surface area contributed by atoms with Crippen LogP contribution in [0.15, 0.2) is 34.9 Å². The Balaban J connectivity index is 1.40. The minimum Gasteiger partial charge on any atom is -0.387 e. The normalized spacial score (nSPS) is 21.6. The molecular formula is C15H17N3O2. The second-order valence-electron chi connectivity index (χ2n) is 5.90. The van der Waals surface area contributed by atoms with E-state index in [2.05, 4.69) is 15.0 Å². The molecule has 2 fully saturated rings. The van der Waals surface area contributed by atoms with Gasteiger partial charge < -0.3 is 9.63 Å². The van der Waals surface area contributed by atoms with Crippen LogP contribution in [0.3, 0.4) is 0 Å². The number of aliphatic hydroxyl groups is 1. The minimum absolute atomic E-state index is 0.456. The van der Waals surface area contributed by atoms with Crippen LogP contribution in [0, 0.1) is 5.92 Å².